The predicted octanol–water partition coefficient (Wildman–Crippen LogP) is 2.29. The maximum atomic E-state index is 10.5. The van der Waals surface area contributed by atoms with E-state index in [4.69, 9.17) is 5.11 Å². The summed E-state index contributed by atoms with van der Waals surface area (Å²) >= 11 is 0. The summed E-state index contributed by atoms with van der Waals surface area (Å²) in [5, 5.41) is 15.1. The van der Waals surface area contributed by atoms with Crippen molar-refractivity contribution in [3.63, 3.8) is 0 Å². The second-order valence-corrected chi connectivity index (χ2v) is 4.27. The number of anilines is 1. The standard InChI is InChI=1S/C13H16N2O2/c1-10-7-8-15(14-10)12-4-2-3-11(9-12)5-6-13(16)17/h2-4,9H,5-8H2,1H3,(H,16,17). The molecule has 0 bridgehead atoms. The minimum atomic E-state index is -0.759. The Balaban J connectivity index is 2.09. The lowest BCUT2D eigenvalue weighted by Crippen LogP contribution is -2.12. The zero-order valence-electron chi connectivity index (χ0n) is 9.89. The van der Waals surface area contributed by atoms with E-state index in [0.717, 1.165) is 29.9 Å². The van der Waals surface area contributed by atoms with Crippen molar-refractivity contribution in [2.75, 3.05) is 11.6 Å². The van der Waals surface area contributed by atoms with E-state index in [0.29, 0.717) is 6.42 Å². The zero-order chi connectivity index (χ0) is 12.3. The van der Waals surface area contributed by atoms with Gasteiger partial charge in [-0.25, -0.2) is 0 Å². The number of aliphatic carboxylic acids is 1. The van der Waals surface area contributed by atoms with Gasteiger partial charge in [-0.15, -0.1) is 0 Å². The highest BCUT2D eigenvalue weighted by molar-refractivity contribution is 5.85. The fraction of sp³-hybridized carbons (Fsp3) is 0.385. The number of carboxylic acids is 1. The Hall–Kier alpha value is -1.84. The summed E-state index contributed by atoms with van der Waals surface area (Å²) in [5.74, 6) is -0.759. The van der Waals surface area contributed by atoms with Crippen molar-refractivity contribution in [1.82, 2.24) is 0 Å². The van der Waals surface area contributed by atoms with Gasteiger partial charge in [0.2, 0.25) is 0 Å². The molecule has 4 nitrogen and oxygen atoms in total. The van der Waals surface area contributed by atoms with Crippen LogP contribution in [0.1, 0.15) is 25.3 Å². The number of hydrogen-bond acceptors (Lipinski definition) is 3. The van der Waals surface area contributed by atoms with Crippen LogP contribution in [0.25, 0.3) is 0 Å². The summed E-state index contributed by atoms with van der Waals surface area (Å²) in [5.41, 5.74) is 3.23. The van der Waals surface area contributed by atoms with E-state index in [-0.39, 0.29) is 6.42 Å². The molecular weight excluding hydrogens is 216 g/mol. The monoisotopic (exact) mass is 232 g/mol. The van der Waals surface area contributed by atoms with E-state index in [2.05, 4.69) is 5.10 Å². The quantitative estimate of drug-likeness (QED) is 0.866. The number of hydrazone groups is 1. The van der Waals surface area contributed by atoms with Gasteiger partial charge in [0.25, 0.3) is 0 Å². The van der Waals surface area contributed by atoms with E-state index in [1.54, 1.807) is 0 Å². The fourth-order valence-corrected chi connectivity index (χ4v) is 1.88. The number of carboxylic acid groups (broad SMARTS) is 1. The number of rotatable bonds is 4. The van der Waals surface area contributed by atoms with Gasteiger partial charge in [-0.1, -0.05) is 12.1 Å². The summed E-state index contributed by atoms with van der Waals surface area (Å²) in [6.07, 6.45) is 1.74. The third-order valence-electron chi connectivity index (χ3n) is 2.81. The number of carbonyl (C=O) groups is 1. The van der Waals surface area contributed by atoms with Crippen LogP contribution in [0, 0.1) is 0 Å². The van der Waals surface area contributed by atoms with Crippen molar-refractivity contribution >= 4 is 17.4 Å². The van der Waals surface area contributed by atoms with Gasteiger partial charge in [0, 0.05) is 25.1 Å². The van der Waals surface area contributed by atoms with Gasteiger partial charge in [0.1, 0.15) is 0 Å². The molecule has 0 saturated heterocycles. The van der Waals surface area contributed by atoms with Crippen LogP contribution in [0.5, 0.6) is 0 Å². The second kappa shape index (κ2) is 4.99. The number of hydrogen-bond donors (Lipinski definition) is 1. The average Bonchev–Trinajstić information content (AvgIpc) is 2.74. The first kappa shape index (κ1) is 11.6. The van der Waals surface area contributed by atoms with Crippen molar-refractivity contribution in [2.45, 2.75) is 26.2 Å². The van der Waals surface area contributed by atoms with Crippen molar-refractivity contribution < 1.29 is 9.90 Å². The molecule has 2 rings (SSSR count). The Kier molecular flexibility index (Phi) is 3.42. The van der Waals surface area contributed by atoms with Crippen molar-refractivity contribution in [3.05, 3.63) is 29.8 Å². The molecule has 1 aromatic rings. The predicted molar refractivity (Wildman–Crippen MR) is 67.5 cm³/mol. The van der Waals surface area contributed by atoms with Gasteiger partial charge < -0.3 is 5.11 Å². The Bertz CT molecular complexity index is 454. The van der Waals surface area contributed by atoms with Gasteiger partial charge in [0.05, 0.1) is 5.69 Å². The zero-order valence-corrected chi connectivity index (χ0v) is 9.89. The molecule has 1 aliphatic heterocycles. The van der Waals surface area contributed by atoms with Gasteiger partial charge in [-0.2, -0.15) is 5.10 Å². The molecule has 1 aromatic carbocycles. The Morgan fingerprint density at radius 2 is 2.35 bits per heavy atom. The first-order valence-corrected chi connectivity index (χ1v) is 5.77. The molecule has 0 saturated carbocycles. The highest BCUT2D eigenvalue weighted by atomic mass is 16.4. The third kappa shape index (κ3) is 3.06. The van der Waals surface area contributed by atoms with Gasteiger partial charge >= 0.3 is 5.97 Å². The molecule has 0 spiro atoms. The van der Waals surface area contributed by atoms with Crippen LogP contribution in [0.15, 0.2) is 29.4 Å². The lowest BCUT2D eigenvalue weighted by molar-refractivity contribution is -0.136. The molecule has 0 aliphatic carbocycles. The molecule has 90 valence electrons. The fourth-order valence-electron chi connectivity index (χ4n) is 1.88. The van der Waals surface area contributed by atoms with E-state index >= 15 is 0 Å². The molecule has 17 heavy (non-hydrogen) atoms. The van der Waals surface area contributed by atoms with Crippen LogP contribution in [0.2, 0.25) is 0 Å². The molecule has 0 unspecified atom stereocenters. The Labute approximate surface area is 101 Å². The van der Waals surface area contributed by atoms with Crippen LogP contribution in [0.4, 0.5) is 5.69 Å². The molecule has 0 amide bonds. The molecule has 1 heterocycles. The van der Waals surface area contributed by atoms with Crippen molar-refractivity contribution in [3.8, 4) is 0 Å². The summed E-state index contributed by atoms with van der Waals surface area (Å²) in [7, 11) is 0. The topological polar surface area (TPSA) is 52.9 Å². The maximum Gasteiger partial charge on any atom is 0.303 e. The second-order valence-electron chi connectivity index (χ2n) is 4.27. The van der Waals surface area contributed by atoms with E-state index in [1.165, 1.54) is 0 Å². The van der Waals surface area contributed by atoms with Crippen LogP contribution in [-0.4, -0.2) is 23.3 Å². The summed E-state index contributed by atoms with van der Waals surface area (Å²) in [6, 6.07) is 7.94. The molecule has 0 radical (unpaired) electrons. The summed E-state index contributed by atoms with van der Waals surface area (Å²) in [6.45, 7) is 2.93. The highest BCUT2D eigenvalue weighted by Gasteiger charge is 2.12. The van der Waals surface area contributed by atoms with Crippen LogP contribution >= 0.6 is 0 Å². The largest absolute Gasteiger partial charge is 0.481 e. The van der Waals surface area contributed by atoms with Gasteiger partial charge in [-0.3, -0.25) is 9.80 Å². The normalized spacial score (nSPS) is 14.9. The third-order valence-corrected chi connectivity index (χ3v) is 2.81. The van der Waals surface area contributed by atoms with Crippen molar-refractivity contribution in [1.29, 1.82) is 0 Å². The SMILES string of the molecule is CC1=NN(c2cccc(CCC(=O)O)c2)CC1. The minimum Gasteiger partial charge on any atom is -0.481 e. The van der Waals surface area contributed by atoms with Crippen molar-refractivity contribution in [2.24, 2.45) is 5.10 Å². The summed E-state index contributed by atoms with van der Waals surface area (Å²) < 4.78 is 0. The lowest BCUT2D eigenvalue weighted by Gasteiger charge is -2.14. The first-order chi connectivity index (χ1) is 8.15. The van der Waals surface area contributed by atoms with E-state index in [1.807, 2.05) is 36.2 Å². The minimum absolute atomic E-state index is 0.172. The molecule has 0 fully saturated rings. The number of nitrogens with zero attached hydrogens (tertiary/aromatic N) is 2. The van der Waals surface area contributed by atoms with Crippen LogP contribution in [0.3, 0.4) is 0 Å². The maximum absolute atomic E-state index is 10.5. The molecule has 1 N–H and O–H groups in total. The smallest absolute Gasteiger partial charge is 0.303 e. The molecule has 0 atom stereocenters. The van der Waals surface area contributed by atoms with Crippen LogP contribution in [-0.2, 0) is 11.2 Å². The van der Waals surface area contributed by atoms with Gasteiger partial charge in [-0.05, 0) is 31.0 Å². The average molecular weight is 232 g/mol. The lowest BCUT2D eigenvalue weighted by atomic mass is 10.1. The molecule has 4 heteroatoms. The molecular formula is C13H16N2O2. The molecule has 0 aromatic heterocycles. The Morgan fingerprint density at radius 3 is 3.00 bits per heavy atom. The van der Waals surface area contributed by atoms with Crippen LogP contribution < -0.4 is 5.01 Å². The first-order valence-electron chi connectivity index (χ1n) is 5.77. The van der Waals surface area contributed by atoms with E-state index in [9.17, 15) is 4.79 Å². The van der Waals surface area contributed by atoms with E-state index < -0.39 is 5.97 Å². The number of aryl methyl sites for hydroxylation is 1. The number of benzene rings is 1. The summed E-state index contributed by atoms with van der Waals surface area (Å²) in [4.78, 5) is 10.5. The Morgan fingerprint density at radius 1 is 1.53 bits per heavy atom. The molecule has 1 aliphatic rings. The van der Waals surface area contributed by atoms with Gasteiger partial charge in [0.15, 0.2) is 0 Å². The highest BCUT2D eigenvalue weighted by Crippen LogP contribution is 2.21.